The Kier molecular flexibility index (Phi) is 3.09. The Balaban J connectivity index is 2.30. The number of anilines is 1. The minimum absolute atomic E-state index is 0.0227. The van der Waals surface area contributed by atoms with Gasteiger partial charge in [0.2, 0.25) is 0 Å². The summed E-state index contributed by atoms with van der Waals surface area (Å²) in [5.74, 6) is 1.20. The Hall–Kier alpha value is -2.63. The molecule has 1 aromatic heterocycles. The number of nitrogens with two attached hydrogens (primary N) is 1. The molecule has 92 valence electrons. The zero-order valence-electron chi connectivity index (χ0n) is 9.66. The molecule has 6 nitrogen and oxygen atoms in total. The van der Waals surface area contributed by atoms with Gasteiger partial charge in [-0.3, -0.25) is 10.1 Å². The van der Waals surface area contributed by atoms with Crippen molar-refractivity contribution in [2.75, 3.05) is 5.73 Å². The summed E-state index contributed by atoms with van der Waals surface area (Å²) >= 11 is 0. The van der Waals surface area contributed by atoms with Crippen molar-refractivity contribution in [2.45, 2.75) is 6.92 Å². The van der Waals surface area contributed by atoms with Crippen molar-refractivity contribution in [3.05, 3.63) is 52.2 Å². The van der Waals surface area contributed by atoms with Crippen LogP contribution in [-0.4, -0.2) is 9.91 Å². The van der Waals surface area contributed by atoms with Gasteiger partial charge in [-0.25, -0.2) is 4.98 Å². The Morgan fingerprint density at radius 3 is 2.67 bits per heavy atom. The third-order valence-corrected chi connectivity index (χ3v) is 2.37. The number of pyridine rings is 1. The molecule has 0 saturated heterocycles. The Bertz CT molecular complexity index is 599. The highest BCUT2D eigenvalue weighted by atomic mass is 16.6. The van der Waals surface area contributed by atoms with Crippen LogP contribution in [0.3, 0.4) is 0 Å². The predicted octanol–water partition coefficient (Wildman–Crippen LogP) is 2.67. The van der Waals surface area contributed by atoms with E-state index in [0.29, 0.717) is 22.9 Å². The molecule has 0 atom stereocenters. The number of nitrogen functional groups attached to an aromatic ring is 1. The lowest BCUT2D eigenvalue weighted by Gasteiger charge is -2.06. The van der Waals surface area contributed by atoms with Crippen LogP contribution in [0.25, 0.3) is 0 Å². The van der Waals surface area contributed by atoms with Gasteiger partial charge in [0, 0.05) is 17.8 Å². The molecule has 6 heteroatoms. The fourth-order valence-electron chi connectivity index (χ4n) is 1.48. The number of hydrogen-bond acceptors (Lipinski definition) is 5. The van der Waals surface area contributed by atoms with Crippen LogP contribution in [0.4, 0.5) is 11.5 Å². The SMILES string of the molecule is Cc1ccc(Oc2ccnc(N)c2)cc1[N+](=O)[O-]. The Morgan fingerprint density at radius 1 is 1.28 bits per heavy atom. The summed E-state index contributed by atoms with van der Waals surface area (Å²) in [6, 6.07) is 7.86. The quantitative estimate of drug-likeness (QED) is 0.663. The van der Waals surface area contributed by atoms with Crippen LogP contribution in [-0.2, 0) is 0 Å². The highest BCUT2D eigenvalue weighted by Gasteiger charge is 2.12. The number of nitro groups is 1. The van der Waals surface area contributed by atoms with E-state index < -0.39 is 4.92 Å². The molecule has 0 amide bonds. The zero-order chi connectivity index (χ0) is 13.1. The second kappa shape index (κ2) is 4.70. The lowest BCUT2D eigenvalue weighted by Crippen LogP contribution is -1.94. The molecule has 0 aliphatic heterocycles. The van der Waals surface area contributed by atoms with E-state index in [0.717, 1.165) is 0 Å². The largest absolute Gasteiger partial charge is 0.457 e. The molecule has 0 fully saturated rings. The average Bonchev–Trinajstić information content (AvgIpc) is 2.31. The van der Waals surface area contributed by atoms with Gasteiger partial charge in [-0.2, -0.15) is 0 Å². The molecule has 1 heterocycles. The van der Waals surface area contributed by atoms with Crippen LogP contribution < -0.4 is 10.5 Å². The number of benzene rings is 1. The number of nitro benzene ring substituents is 1. The van der Waals surface area contributed by atoms with Crippen molar-refractivity contribution >= 4 is 11.5 Å². The lowest BCUT2D eigenvalue weighted by molar-refractivity contribution is -0.385. The first-order valence-electron chi connectivity index (χ1n) is 5.20. The molecule has 0 spiro atoms. The zero-order valence-corrected chi connectivity index (χ0v) is 9.66. The molecule has 0 radical (unpaired) electrons. The van der Waals surface area contributed by atoms with Crippen LogP contribution in [0.2, 0.25) is 0 Å². The molecule has 0 aliphatic rings. The number of nitrogens with zero attached hydrogens (tertiary/aromatic N) is 2. The Labute approximate surface area is 103 Å². The van der Waals surface area contributed by atoms with E-state index in [4.69, 9.17) is 10.5 Å². The topological polar surface area (TPSA) is 91.3 Å². The van der Waals surface area contributed by atoms with Crippen LogP contribution in [0.1, 0.15) is 5.56 Å². The van der Waals surface area contributed by atoms with Gasteiger partial charge in [0.15, 0.2) is 0 Å². The summed E-state index contributed by atoms with van der Waals surface area (Å²) in [6.07, 6.45) is 1.51. The molecule has 2 N–H and O–H groups in total. The van der Waals surface area contributed by atoms with Crippen molar-refractivity contribution in [1.29, 1.82) is 0 Å². The van der Waals surface area contributed by atoms with Crippen molar-refractivity contribution < 1.29 is 9.66 Å². The van der Waals surface area contributed by atoms with Gasteiger partial charge in [0.25, 0.3) is 5.69 Å². The summed E-state index contributed by atoms with van der Waals surface area (Å²) in [7, 11) is 0. The van der Waals surface area contributed by atoms with Crippen LogP contribution in [0, 0.1) is 17.0 Å². The van der Waals surface area contributed by atoms with Crippen molar-refractivity contribution in [1.82, 2.24) is 4.98 Å². The standard InChI is InChI=1S/C12H11N3O3/c1-8-2-3-9(6-11(8)15(16)17)18-10-4-5-14-12(13)7-10/h2-7H,1H3,(H2,13,14). The molecule has 18 heavy (non-hydrogen) atoms. The van der Waals surface area contributed by atoms with Gasteiger partial charge < -0.3 is 10.5 Å². The Morgan fingerprint density at radius 2 is 2.00 bits per heavy atom. The van der Waals surface area contributed by atoms with Crippen molar-refractivity contribution in [3.8, 4) is 11.5 Å². The fraction of sp³-hybridized carbons (Fsp3) is 0.0833. The predicted molar refractivity (Wildman–Crippen MR) is 66.6 cm³/mol. The second-order valence-corrected chi connectivity index (χ2v) is 3.72. The van der Waals surface area contributed by atoms with Crippen molar-refractivity contribution in [2.24, 2.45) is 0 Å². The first kappa shape index (κ1) is 11.8. The molecule has 0 bridgehead atoms. The fourth-order valence-corrected chi connectivity index (χ4v) is 1.48. The highest BCUT2D eigenvalue weighted by molar-refractivity contribution is 5.47. The summed E-state index contributed by atoms with van der Waals surface area (Å²) < 4.78 is 5.48. The van der Waals surface area contributed by atoms with E-state index in [9.17, 15) is 10.1 Å². The van der Waals surface area contributed by atoms with E-state index in [-0.39, 0.29) is 5.69 Å². The van der Waals surface area contributed by atoms with Gasteiger partial charge in [-0.1, -0.05) is 0 Å². The molecule has 2 rings (SSSR count). The monoisotopic (exact) mass is 245 g/mol. The van der Waals surface area contributed by atoms with E-state index in [1.54, 1.807) is 31.2 Å². The van der Waals surface area contributed by atoms with Crippen molar-refractivity contribution in [3.63, 3.8) is 0 Å². The molecular formula is C12H11N3O3. The average molecular weight is 245 g/mol. The summed E-state index contributed by atoms with van der Waals surface area (Å²) in [5.41, 5.74) is 6.12. The molecule has 1 aromatic carbocycles. The van der Waals surface area contributed by atoms with Gasteiger partial charge in [-0.05, 0) is 25.1 Å². The van der Waals surface area contributed by atoms with Crippen LogP contribution >= 0.6 is 0 Å². The molecular weight excluding hydrogens is 234 g/mol. The van der Waals surface area contributed by atoms with E-state index in [2.05, 4.69) is 4.98 Å². The highest BCUT2D eigenvalue weighted by Crippen LogP contribution is 2.28. The summed E-state index contributed by atoms with van der Waals surface area (Å²) in [6.45, 7) is 1.67. The number of aryl methyl sites for hydroxylation is 1. The summed E-state index contributed by atoms with van der Waals surface area (Å²) in [5, 5.41) is 10.8. The lowest BCUT2D eigenvalue weighted by atomic mass is 10.2. The first-order valence-corrected chi connectivity index (χ1v) is 5.20. The van der Waals surface area contributed by atoms with Gasteiger partial charge in [-0.15, -0.1) is 0 Å². The van der Waals surface area contributed by atoms with E-state index in [1.807, 2.05) is 0 Å². The van der Waals surface area contributed by atoms with Crippen LogP contribution in [0.15, 0.2) is 36.5 Å². The van der Waals surface area contributed by atoms with E-state index >= 15 is 0 Å². The van der Waals surface area contributed by atoms with E-state index in [1.165, 1.54) is 12.3 Å². The van der Waals surface area contributed by atoms with Crippen LogP contribution in [0.5, 0.6) is 11.5 Å². The number of rotatable bonds is 3. The molecule has 2 aromatic rings. The number of aromatic nitrogens is 1. The smallest absolute Gasteiger partial charge is 0.276 e. The molecule has 0 saturated carbocycles. The summed E-state index contributed by atoms with van der Waals surface area (Å²) in [4.78, 5) is 14.2. The second-order valence-electron chi connectivity index (χ2n) is 3.72. The van der Waals surface area contributed by atoms with Gasteiger partial charge in [0.05, 0.1) is 11.0 Å². The minimum atomic E-state index is -0.441. The third kappa shape index (κ3) is 2.54. The number of ether oxygens (including phenoxy) is 1. The van der Waals surface area contributed by atoms with Gasteiger partial charge in [0.1, 0.15) is 17.3 Å². The maximum absolute atomic E-state index is 10.8. The molecule has 0 unspecified atom stereocenters. The first-order chi connectivity index (χ1) is 8.56. The number of hydrogen-bond donors (Lipinski definition) is 1. The minimum Gasteiger partial charge on any atom is -0.457 e. The maximum Gasteiger partial charge on any atom is 0.276 e. The normalized spacial score (nSPS) is 10.1. The van der Waals surface area contributed by atoms with Gasteiger partial charge >= 0.3 is 0 Å². The maximum atomic E-state index is 10.8. The molecule has 0 aliphatic carbocycles. The third-order valence-electron chi connectivity index (χ3n) is 2.37.